The Hall–Kier alpha value is -0.850. The van der Waals surface area contributed by atoms with Crippen molar-refractivity contribution in [3.05, 3.63) is 34.9 Å². The molecule has 0 aromatic heterocycles. The fraction of sp³-hybridized carbons (Fsp3) is 0.588. The van der Waals surface area contributed by atoms with Gasteiger partial charge in [-0.15, -0.1) is 12.4 Å². The molecule has 3 N–H and O–H groups in total. The normalized spacial score (nSPS) is 32.3. The van der Waals surface area contributed by atoms with Crippen molar-refractivity contribution in [1.29, 1.82) is 0 Å². The predicted molar refractivity (Wildman–Crippen MR) is 97.2 cm³/mol. The molecule has 3 fully saturated rings. The van der Waals surface area contributed by atoms with Crippen LogP contribution in [0.1, 0.15) is 30.9 Å². The smallest absolute Gasteiger partial charge is 0.229 e. The maximum Gasteiger partial charge on any atom is 0.229 e. The molecule has 1 aromatic carbocycles. The lowest BCUT2D eigenvalue weighted by atomic mass is 9.93. The van der Waals surface area contributed by atoms with E-state index in [4.69, 9.17) is 11.6 Å². The SMILES string of the molecule is Cl.O=C(C1CNNC1c1cccc(Cl)c1)N1CCC2CCC(C1)N2. The molecule has 1 amide bonds. The van der Waals surface area contributed by atoms with Gasteiger partial charge in [0.1, 0.15) is 0 Å². The van der Waals surface area contributed by atoms with Crippen LogP contribution in [0.5, 0.6) is 0 Å². The summed E-state index contributed by atoms with van der Waals surface area (Å²) in [6, 6.07) is 8.82. The van der Waals surface area contributed by atoms with Gasteiger partial charge >= 0.3 is 0 Å². The number of fused-ring (bicyclic) bond motifs is 2. The first-order valence-corrected chi connectivity index (χ1v) is 8.87. The number of hydrazine groups is 1. The number of hydrogen-bond acceptors (Lipinski definition) is 4. The minimum absolute atomic E-state index is 0. The Morgan fingerprint density at radius 3 is 2.88 bits per heavy atom. The van der Waals surface area contributed by atoms with Crippen molar-refractivity contribution in [1.82, 2.24) is 21.1 Å². The molecule has 3 aliphatic rings. The molecule has 132 valence electrons. The highest BCUT2D eigenvalue weighted by atomic mass is 35.5. The lowest BCUT2D eigenvalue weighted by molar-refractivity contribution is -0.135. The van der Waals surface area contributed by atoms with Crippen LogP contribution < -0.4 is 16.2 Å². The van der Waals surface area contributed by atoms with E-state index in [0.29, 0.717) is 23.7 Å². The summed E-state index contributed by atoms with van der Waals surface area (Å²) in [5.74, 6) is 0.173. The average Bonchev–Trinajstić information content (AvgIpc) is 3.13. The molecule has 3 heterocycles. The molecule has 0 aliphatic carbocycles. The molecule has 4 atom stereocenters. The van der Waals surface area contributed by atoms with Gasteiger partial charge in [-0.25, -0.2) is 5.43 Å². The quantitative estimate of drug-likeness (QED) is 0.743. The molecule has 24 heavy (non-hydrogen) atoms. The van der Waals surface area contributed by atoms with Crippen LogP contribution >= 0.6 is 24.0 Å². The highest BCUT2D eigenvalue weighted by Crippen LogP contribution is 2.29. The largest absolute Gasteiger partial charge is 0.341 e. The van der Waals surface area contributed by atoms with Crippen LogP contribution in [0.15, 0.2) is 24.3 Å². The van der Waals surface area contributed by atoms with E-state index < -0.39 is 0 Å². The topological polar surface area (TPSA) is 56.4 Å². The molecule has 5 nitrogen and oxygen atoms in total. The molecule has 0 spiro atoms. The second-order valence-corrected chi connectivity index (χ2v) is 7.31. The fourth-order valence-electron chi connectivity index (χ4n) is 4.12. The summed E-state index contributed by atoms with van der Waals surface area (Å²) in [6.07, 6.45) is 3.51. The molecule has 2 bridgehead atoms. The number of benzene rings is 1. The van der Waals surface area contributed by atoms with Gasteiger partial charge in [0.25, 0.3) is 0 Å². The van der Waals surface area contributed by atoms with E-state index in [1.54, 1.807) is 0 Å². The standard InChI is InChI=1S/C17H23ClN4O.ClH/c18-12-3-1-2-11(8-12)16-15(9-19-21-16)17(23)22-7-6-13-4-5-14(10-22)20-13;/h1-3,8,13-16,19-21H,4-7,9-10H2;1H. The Balaban J connectivity index is 0.00000169. The van der Waals surface area contributed by atoms with Crippen molar-refractivity contribution < 1.29 is 4.79 Å². The molecule has 4 rings (SSSR count). The Morgan fingerprint density at radius 1 is 1.21 bits per heavy atom. The van der Waals surface area contributed by atoms with Crippen molar-refractivity contribution in [2.45, 2.75) is 37.4 Å². The Kier molecular flexibility index (Phi) is 5.67. The summed E-state index contributed by atoms with van der Waals surface area (Å²) in [5, 5.41) is 4.34. The first kappa shape index (κ1) is 18.0. The number of nitrogens with zero attached hydrogens (tertiary/aromatic N) is 1. The molecule has 0 radical (unpaired) electrons. The van der Waals surface area contributed by atoms with Crippen LogP contribution in [0.4, 0.5) is 0 Å². The van der Waals surface area contributed by atoms with E-state index >= 15 is 0 Å². The fourth-order valence-corrected chi connectivity index (χ4v) is 4.32. The number of halogens is 2. The van der Waals surface area contributed by atoms with E-state index in [1.165, 1.54) is 12.8 Å². The third-order valence-corrected chi connectivity index (χ3v) is 5.58. The zero-order chi connectivity index (χ0) is 15.8. The summed E-state index contributed by atoms with van der Waals surface area (Å²) in [7, 11) is 0. The Morgan fingerprint density at radius 2 is 2.04 bits per heavy atom. The van der Waals surface area contributed by atoms with Gasteiger partial charge in [0, 0.05) is 36.7 Å². The summed E-state index contributed by atoms with van der Waals surface area (Å²) >= 11 is 6.11. The van der Waals surface area contributed by atoms with Crippen molar-refractivity contribution in [3.63, 3.8) is 0 Å². The van der Waals surface area contributed by atoms with Crippen molar-refractivity contribution in [2.24, 2.45) is 5.92 Å². The third-order valence-electron chi connectivity index (χ3n) is 5.34. The van der Waals surface area contributed by atoms with Gasteiger partial charge in [-0.3, -0.25) is 10.2 Å². The maximum absolute atomic E-state index is 13.1. The first-order chi connectivity index (χ1) is 11.2. The van der Waals surface area contributed by atoms with E-state index in [1.807, 2.05) is 24.3 Å². The van der Waals surface area contributed by atoms with Gasteiger partial charge in [0.15, 0.2) is 0 Å². The molecule has 3 aliphatic heterocycles. The van der Waals surface area contributed by atoms with Crippen LogP contribution in [0, 0.1) is 5.92 Å². The Labute approximate surface area is 153 Å². The van der Waals surface area contributed by atoms with Gasteiger partial charge < -0.3 is 10.2 Å². The van der Waals surface area contributed by atoms with Crippen LogP contribution in [0.2, 0.25) is 5.02 Å². The van der Waals surface area contributed by atoms with Crippen molar-refractivity contribution in [3.8, 4) is 0 Å². The number of likely N-dealkylation sites (tertiary alicyclic amines) is 1. The maximum atomic E-state index is 13.1. The van der Waals surface area contributed by atoms with E-state index in [0.717, 1.165) is 25.1 Å². The first-order valence-electron chi connectivity index (χ1n) is 8.49. The zero-order valence-corrected chi connectivity index (χ0v) is 15.1. The molecular weight excluding hydrogens is 347 g/mol. The van der Waals surface area contributed by atoms with Crippen molar-refractivity contribution in [2.75, 3.05) is 19.6 Å². The second-order valence-electron chi connectivity index (χ2n) is 6.88. The number of amides is 1. The minimum atomic E-state index is -0.0786. The average molecular weight is 371 g/mol. The van der Waals surface area contributed by atoms with Crippen LogP contribution in [-0.2, 0) is 4.79 Å². The number of carbonyl (C=O) groups is 1. The molecule has 1 aromatic rings. The number of rotatable bonds is 2. The highest BCUT2D eigenvalue weighted by molar-refractivity contribution is 6.30. The third kappa shape index (κ3) is 3.55. The van der Waals surface area contributed by atoms with Crippen LogP contribution in [0.3, 0.4) is 0 Å². The molecule has 0 saturated carbocycles. The molecule has 4 unspecified atom stereocenters. The monoisotopic (exact) mass is 370 g/mol. The number of nitrogens with one attached hydrogen (secondary N) is 3. The summed E-state index contributed by atoms with van der Waals surface area (Å²) in [6.45, 7) is 2.37. The highest BCUT2D eigenvalue weighted by Gasteiger charge is 2.39. The number of hydrogen-bond donors (Lipinski definition) is 3. The summed E-state index contributed by atoms with van der Waals surface area (Å²) in [5.41, 5.74) is 7.47. The van der Waals surface area contributed by atoms with Crippen LogP contribution in [-0.4, -0.2) is 42.5 Å². The van der Waals surface area contributed by atoms with Gasteiger partial charge in [-0.1, -0.05) is 23.7 Å². The van der Waals surface area contributed by atoms with Gasteiger partial charge in [-0.2, -0.15) is 0 Å². The van der Waals surface area contributed by atoms with Gasteiger partial charge in [-0.05, 0) is 37.0 Å². The van der Waals surface area contributed by atoms with Gasteiger partial charge in [0.2, 0.25) is 5.91 Å². The lowest BCUT2D eigenvalue weighted by Gasteiger charge is -2.29. The molecule has 3 saturated heterocycles. The summed E-state index contributed by atoms with van der Waals surface area (Å²) in [4.78, 5) is 15.1. The second kappa shape index (κ2) is 7.58. The minimum Gasteiger partial charge on any atom is -0.341 e. The van der Waals surface area contributed by atoms with E-state index in [2.05, 4.69) is 21.1 Å². The van der Waals surface area contributed by atoms with Gasteiger partial charge in [0.05, 0.1) is 12.0 Å². The van der Waals surface area contributed by atoms with Crippen LogP contribution in [0.25, 0.3) is 0 Å². The van der Waals surface area contributed by atoms with Crippen molar-refractivity contribution >= 4 is 29.9 Å². The summed E-state index contributed by atoms with van der Waals surface area (Å²) < 4.78 is 0. The molecular formula is C17H24Cl2N4O. The zero-order valence-electron chi connectivity index (χ0n) is 13.5. The molecule has 7 heteroatoms. The lowest BCUT2D eigenvalue weighted by Crippen LogP contribution is -2.43. The Bertz CT molecular complexity index is 600. The number of carbonyl (C=O) groups excluding carboxylic acids is 1. The van der Waals surface area contributed by atoms with E-state index in [9.17, 15) is 4.79 Å². The van der Waals surface area contributed by atoms with E-state index in [-0.39, 0.29) is 30.3 Å². The predicted octanol–water partition coefficient (Wildman–Crippen LogP) is 1.88.